The van der Waals surface area contributed by atoms with Crippen LogP contribution >= 0.6 is 0 Å². The summed E-state index contributed by atoms with van der Waals surface area (Å²) in [4.78, 5) is 11.4. The Hall–Kier alpha value is -1.31. The molecule has 0 spiro atoms. The second-order valence-electron chi connectivity index (χ2n) is 7.34. The van der Waals surface area contributed by atoms with Crippen LogP contribution in [0.25, 0.3) is 0 Å². The third-order valence-corrected chi connectivity index (χ3v) is 5.77. The van der Waals surface area contributed by atoms with E-state index in [1.165, 1.54) is 24.8 Å². The molecule has 0 heterocycles. The molecule has 19 heavy (non-hydrogen) atoms. The molecule has 1 aromatic carbocycles. The maximum absolute atomic E-state index is 11.4. The first-order valence-electron chi connectivity index (χ1n) is 7.24. The van der Waals surface area contributed by atoms with Gasteiger partial charge in [0.25, 0.3) is 0 Å². The summed E-state index contributed by atoms with van der Waals surface area (Å²) in [5, 5.41) is 0. The summed E-state index contributed by atoms with van der Waals surface area (Å²) in [6, 6.07) is 7.97. The molecular formula is C17H23NO. The van der Waals surface area contributed by atoms with E-state index in [2.05, 4.69) is 26.8 Å². The Balaban J connectivity index is 2.06. The monoisotopic (exact) mass is 257 g/mol. The normalized spacial score (nSPS) is 35.5. The van der Waals surface area contributed by atoms with Crippen molar-refractivity contribution in [3.63, 3.8) is 0 Å². The molecule has 2 N–H and O–H groups in total. The third-order valence-electron chi connectivity index (χ3n) is 5.77. The smallest absolute Gasteiger partial charge is 0.248 e. The first-order valence-corrected chi connectivity index (χ1v) is 7.24. The summed E-state index contributed by atoms with van der Waals surface area (Å²) >= 11 is 0. The summed E-state index contributed by atoms with van der Waals surface area (Å²) in [6.07, 6.45) is 3.99. The van der Waals surface area contributed by atoms with Crippen molar-refractivity contribution in [2.75, 3.05) is 0 Å². The number of primary amides is 1. The van der Waals surface area contributed by atoms with Crippen LogP contribution in [0.1, 0.15) is 61.9 Å². The molecule has 2 heteroatoms. The molecule has 0 radical (unpaired) electrons. The molecule has 0 aromatic heterocycles. The minimum absolute atomic E-state index is 0.323. The van der Waals surface area contributed by atoms with Gasteiger partial charge in [-0.1, -0.05) is 32.9 Å². The molecular weight excluding hydrogens is 234 g/mol. The summed E-state index contributed by atoms with van der Waals surface area (Å²) in [7, 11) is 0. The third kappa shape index (κ3) is 1.73. The standard InChI is InChI=1S/C17H23NO/c1-16(2)13-7-8-17(3,10-13)14(16)11-5-4-6-12(9-11)15(18)19/h4-6,9,13-14H,7-8,10H2,1-3H3,(H2,18,19). The van der Waals surface area contributed by atoms with Gasteiger partial charge in [0.1, 0.15) is 0 Å². The fourth-order valence-electron chi connectivity index (χ4n) is 5.01. The zero-order chi connectivity index (χ0) is 13.8. The average molecular weight is 257 g/mol. The van der Waals surface area contributed by atoms with Crippen LogP contribution in [-0.2, 0) is 0 Å². The van der Waals surface area contributed by atoms with Gasteiger partial charge in [-0.2, -0.15) is 0 Å². The number of carbonyl (C=O) groups excluding carboxylic acids is 1. The summed E-state index contributed by atoms with van der Waals surface area (Å²) in [6.45, 7) is 7.21. The summed E-state index contributed by atoms with van der Waals surface area (Å²) < 4.78 is 0. The van der Waals surface area contributed by atoms with Crippen LogP contribution in [0.4, 0.5) is 0 Å². The zero-order valence-corrected chi connectivity index (χ0v) is 12.1. The second kappa shape index (κ2) is 3.84. The molecule has 3 rings (SSSR count). The van der Waals surface area contributed by atoms with Crippen molar-refractivity contribution < 1.29 is 4.79 Å². The second-order valence-corrected chi connectivity index (χ2v) is 7.34. The Morgan fingerprint density at radius 3 is 2.63 bits per heavy atom. The Labute approximate surface area is 115 Å². The SMILES string of the molecule is CC12CCC(C1)C(C)(C)C2c1cccc(C(N)=O)c1. The lowest BCUT2D eigenvalue weighted by Gasteiger charge is -2.43. The predicted octanol–water partition coefficient (Wildman–Crippen LogP) is 3.72. The van der Waals surface area contributed by atoms with Crippen LogP contribution in [0.5, 0.6) is 0 Å². The molecule has 3 unspecified atom stereocenters. The molecule has 0 aliphatic heterocycles. The Bertz CT molecular complexity index is 529. The number of hydrogen-bond acceptors (Lipinski definition) is 1. The summed E-state index contributed by atoms with van der Waals surface area (Å²) in [5.41, 5.74) is 8.07. The van der Waals surface area contributed by atoms with Crippen LogP contribution in [0.3, 0.4) is 0 Å². The topological polar surface area (TPSA) is 43.1 Å². The van der Waals surface area contributed by atoms with Crippen LogP contribution in [0.15, 0.2) is 24.3 Å². The van der Waals surface area contributed by atoms with Crippen molar-refractivity contribution >= 4 is 5.91 Å². The maximum Gasteiger partial charge on any atom is 0.248 e. The van der Waals surface area contributed by atoms with E-state index in [1.807, 2.05) is 18.2 Å². The van der Waals surface area contributed by atoms with Crippen molar-refractivity contribution in [3.8, 4) is 0 Å². The van der Waals surface area contributed by atoms with Gasteiger partial charge in [-0.05, 0) is 59.6 Å². The first kappa shape index (κ1) is 12.7. The number of nitrogens with two attached hydrogens (primary N) is 1. The zero-order valence-electron chi connectivity index (χ0n) is 12.1. The highest BCUT2D eigenvalue weighted by atomic mass is 16.1. The van der Waals surface area contributed by atoms with Crippen molar-refractivity contribution in [2.45, 2.75) is 46.0 Å². The first-order chi connectivity index (χ1) is 8.84. The highest BCUT2D eigenvalue weighted by Crippen LogP contribution is 2.69. The molecule has 2 fully saturated rings. The van der Waals surface area contributed by atoms with E-state index in [9.17, 15) is 4.79 Å². The van der Waals surface area contributed by atoms with Gasteiger partial charge in [-0.3, -0.25) is 4.79 Å². The number of rotatable bonds is 2. The minimum atomic E-state index is -0.326. The van der Waals surface area contributed by atoms with E-state index in [4.69, 9.17) is 5.73 Å². The van der Waals surface area contributed by atoms with Crippen LogP contribution in [-0.4, -0.2) is 5.91 Å². The van der Waals surface area contributed by atoms with Gasteiger partial charge in [0.2, 0.25) is 5.91 Å². The van der Waals surface area contributed by atoms with Gasteiger partial charge < -0.3 is 5.73 Å². The van der Waals surface area contributed by atoms with E-state index in [-0.39, 0.29) is 5.91 Å². The molecule has 1 aromatic rings. The largest absolute Gasteiger partial charge is 0.366 e. The van der Waals surface area contributed by atoms with E-state index in [0.29, 0.717) is 22.3 Å². The van der Waals surface area contributed by atoms with Gasteiger partial charge >= 0.3 is 0 Å². The number of fused-ring (bicyclic) bond motifs is 2. The van der Waals surface area contributed by atoms with Gasteiger partial charge in [0, 0.05) is 5.56 Å². The quantitative estimate of drug-likeness (QED) is 0.862. The minimum Gasteiger partial charge on any atom is -0.366 e. The Kier molecular flexibility index (Phi) is 2.57. The predicted molar refractivity (Wildman–Crippen MR) is 76.9 cm³/mol. The van der Waals surface area contributed by atoms with Gasteiger partial charge in [0.05, 0.1) is 0 Å². The number of carbonyl (C=O) groups is 1. The van der Waals surface area contributed by atoms with Gasteiger partial charge in [0.15, 0.2) is 0 Å². The van der Waals surface area contributed by atoms with Crippen molar-refractivity contribution in [3.05, 3.63) is 35.4 Å². The maximum atomic E-state index is 11.4. The van der Waals surface area contributed by atoms with Crippen LogP contribution in [0, 0.1) is 16.7 Å². The van der Waals surface area contributed by atoms with E-state index in [1.54, 1.807) is 0 Å². The van der Waals surface area contributed by atoms with Gasteiger partial charge in [-0.25, -0.2) is 0 Å². The summed E-state index contributed by atoms with van der Waals surface area (Å²) in [5.74, 6) is 1.03. The van der Waals surface area contributed by atoms with Crippen LogP contribution < -0.4 is 5.73 Å². The number of benzene rings is 1. The lowest BCUT2D eigenvalue weighted by molar-refractivity contribution is 0.0999. The molecule has 2 bridgehead atoms. The van der Waals surface area contributed by atoms with Gasteiger partial charge in [-0.15, -0.1) is 0 Å². The Morgan fingerprint density at radius 2 is 2.05 bits per heavy atom. The van der Waals surface area contributed by atoms with Crippen LogP contribution in [0.2, 0.25) is 0 Å². The fourth-order valence-corrected chi connectivity index (χ4v) is 5.01. The average Bonchev–Trinajstić information content (AvgIpc) is 2.80. The molecule has 2 aliphatic carbocycles. The van der Waals surface area contributed by atoms with Crippen molar-refractivity contribution in [1.82, 2.24) is 0 Å². The van der Waals surface area contributed by atoms with E-state index < -0.39 is 0 Å². The molecule has 2 saturated carbocycles. The molecule has 3 atom stereocenters. The van der Waals surface area contributed by atoms with E-state index >= 15 is 0 Å². The van der Waals surface area contributed by atoms with Crippen molar-refractivity contribution in [2.24, 2.45) is 22.5 Å². The molecule has 2 nitrogen and oxygen atoms in total. The lowest BCUT2D eigenvalue weighted by Crippen LogP contribution is -2.33. The fraction of sp³-hybridized carbons (Fsp3) is 0.588. The number of hydrogen-bond donors (Lipinski definition) is 1. The molecule has 2 aliphatic rings. The number of amides is 1. The lowest BCUT2D eigenvalue weighted by atomic mass is 9.61. The highest BCUT2D eigenvalue weighted by Gasteiger charge is 2.59. The highest BCUT2D eigenvalue weighted by molar-refractivity contribution is 5.92. The van der Waals surface area contributed by atoms with Crippen molar-refractivity contribution in [1.29, 1.82) is 0 Å². The van der Waals surface area contributed by atoms with E-state index in [0.717, 1.165) is 5.92 Å². The molecule has 1 amide bonds. The Morgan fingerprint density at radius 1 is 1.32 bits per heavy atom. The molecule has 102 valence electrons. The molecule has 0 saturated heterocycles.